The molecule has 0 spiro atoms. The van der Waals surface area contributed by atoms with Crippen molar-refractivity contribution < 1.29 is 18.0 Å². The molecule has 4 rings (SSSR count). The minimum Gasteiger partial charge on any atom is -0.322 e. The second-order valence-electron chi connectivity index (χ2n) is 7.05. The second kappa shape index (κ2) is 9.99. The summed E-state index contributed by atoms with van der Waals surface area (Å²) in [7, 11) is -4.33. The number of thioether (sulfide) groups is 1. The van der Waals surface area contributed by atoms with Crippen molar-refractivity contribution in [3.05, 3.63) is 92.4 Å². The van der Waals surface area contributed by atoms with Gasteiger partial charge in [-0.3, -0.25) is 15.0 Å². The highest BCUT2D eigenvalue weighted by atomic mass is 35.5. The summed E-state index contributed by atoms with van der Waals surface area (Å²) in [5, 5.41) is 10.8. The number of hydrogen-bond acceptors (Lipinski definition) is 6. The number of carbonyl (C=O) groups excluding carboxylic acids is 2. The number of fused-ring (bicyclic) bond motifs is 1. The molecule has 176 valence electrons. The molecule has 2 N–H and O–H groups in total. The van der Waals surface area contributed by atoms with Crippen LogP contribution in [-0.2, 0) is 10.0 Å². The van der Waals surface area contributed by atoms with Gasteiger partial charge in [0.05, 0.1) is 10.6 Å². The van der Waals surface area contributed by atoms with E-state index in [1.165, 1.54) is 30.3 Å². The molecule has 0 unspecified atom stereocenters. The number of nitrogens with one attached hydrogen (secondary N) is 2. The Morgan fingerprint density at radius 3 is 2.14 bits per heavy atom. The van der Waals surface area contributed by atoms with Crippen molar-refractivity contribution >= 4 is 84.9 Å². The molecule has 0 fully saturated rings. The summed E-state index contributed by atoms with van der Waals surface area (Å²) in [6.45, 7) is 0. The third-order valence-corrected chi connectivity index (χ3v) is 8.16. The number of halogens is 3. The van der Waals surface area contributed by atoms with Crippen LogP contribution < -0.4 is 5.32 Å². The van der Waals surface area contributed by atoms with Crippen LogP contribution >= 0.6 is 46.6 Å². The van der Waals surface area contributed by atoms with Gasteiger partial charge in [-0.05, 0) is 66.5 Å². The van der Waals surface area contributed by atoms with Crippen LogP contribution in [0.1, 0.15) is 20.7 Å². The fourth-order valence-corrected chi connectivity index (χ4v) is 6.28. The second-order valence-corrected chi connectivity index (χ2v) is 10.9. The molecular weight excluding hydrogens is 553 g/mol. The lowest BCUT2D eigenvalue weighted by Crippen LogP contribution is -2.19. The molecule has 0 bridgehead atoms. The van der Waals surface area contributed by atoms with Gasteiger partial charge in [-0.2, -0.15) is 12.8 Å². The van der Waals surface area contributed by atoms with Gasteiger partial charge in [0.25, 0.3) is 15.9 Å². The monoisotopic (exact) mass is 563 g/mol. The Morgan fingerprint density at radius 2 is 1.54 bits per heavy atom. The molecule has 1 aliphatic heterocycles. The first kappa shape index (κ1) is 25.2. The van der Waals surface area contributed by atoms with Gasteiger partial charge in [0.1, 0.15) is 15.5 Å². The Balaban J connectivity index is 1.67. The van der Waals surface area contributed by atoms with Crippen molar-refractivity contribution in [2.45, 2.75) is 9.79 Å². The largest absolute Gasteiger partial charge is 0.322 e. The Hall–Kier alpha value is -2.91. The SMILES string of the molecule is N=C=C(C(=O)c1ccc(Cl)cc1)C1=NS(=O)(=O)c2cc(C(=O)Nc3ccc(Cl)cc3)c(Cl)cc2S1. The predicted octanol–water partition coefficient (Wildman–Crippen LogP) is 6.15. The van der Waals surface area contributed by atoms with E-state index in [4.69, 9.17) is 40.2 Å². The summed E-state index contributed by atoms with van der Waals surface area (Å²) in [6.07, 6.45) is 0. The average molecular weight is 565 g/mol. The molecule has 1 heterocycles. The average Bonchev–Trinajstić information content (AvgIpc) is 2.80. The zero-order chi connectivity index (χ0) is 25.3. The van der Waals surface area contributed by atoms with Gasteiger partial charge in [-0.1, -0.05) is 46.6 Å². The number of Topliss-reactive ketones (excluding diaryl/α,β-unsaturated/α-hetero) is 1. The summed E-state index contributed by atoms with van der Waals surface area (Å²) in [6, 6.07) is 14.6. The van der Waals surface area contributed by atoms with E-state index in [-0.39, 0.29) is 36.6 Å². The van der Waals surface area contributed by atoms with Gasteiger partial charge in [-0.15, -0.1) is 0 Å². The summed E-state index contributed by atoms with van der Waals surface area (Å²) in [5.74, 6) is 0.712. The molecule has 1 amide bonds. The smallest absolute Gasteiger partial charge is 0.284 e. The van der Waals surface area contributed by atoms with Crippen LogP contribution in [0.3, 0.4) is 0 Å². The lowest BCUT2D eigenvalue weighted by atomic mass is 10.1. The fraction of sp³-hybridized carbons (Fsp3) is 0. The van der Waals surface area contributed by atoms with Gasteiger partial charge in [0.15, 0.2) is 0 Å². The van der Waals surface area contributed by atoms with Crippen LogP contribution in [0.2, 0.25) is 15.1 Å². The van der Waals surface area contributed by atoms with Crippen LogP contribution in [0, 0.1) is 5.41 Å². The lowest BCUT2D eigenvalue weighted by Gasteiger charge is -2.18. The Kier molecular flexibility index (Phi) is 7.19. The van der Waals surface area contributed by atoms with E-state index < -0.39 is 21.7 Å². The fourth-order valence-electron chi connectivity index (χ4n) is 3.05. The normalized spacial score (nSPS) is 13.7. The molecule has 0 aliphatic carbocycles. The molecule has 3 aromatic rings. The Bertz CT molecular complexity index is 1560. The predicted molar refractivity (Wildman–Crippen MR) is 138 cm³/mol. The minimum absolute atomic E-state index is 0.0106. The number of ketones is 1. The van der Waals surface area contributed by atoms with E-state index in [2.05, 4.69) is 9.71 Å². The van der Waals surface area contributed by atoms with Gasteiger partial charge in [0, 0.05) is 26.2 Å². The van der Waals surface area contributed by atoms with Gasteiger partial charge in [0.2, 0.25) is 5.78 Å². The molecular formula is C23H12Cl3N3O4S2. The lowest BCUT2D eigenvalue weighted by molar-refractivity contribution is 0.102. The molecule has 0 aromatic heterocycles. The van der Waals surface area contributed by atoms with Crippen molar-refractivity contribution in [3.8, 4) is 0 Å². The van der Waals surface area contributed by atoms with E-state index in [1.54, 1.807) is 24.3 Å². The van der Waals surface area contributed by atoms with Crippen molar-refractivity contribution in [3.63, 3.8) is 0 Å². The number of sulfonamides is 1. The van der Waals surface area contributed by atoms with Crippen molar-refractivity contribution in [2.75, 3.05) is 5.32 Å². The standard InChI is InChI=1S/C23H12Cl3N3O4S2/c24-13-3-1-12(2-4-13)21(30)17(11-27)23-29-35(32,33)20-9-16(18(26)10-19(20)34-23)22(31)28-15-7-5-14(25)6-8-15/h1-10,27H,(H,28,31). The summed E-state index contributed by atoms with van der Waals surface area (Å²) >= 11 is 18.8. The minimum atomic E-state index is -4.33. The zero-order valence-electron chi connectivity index (χ0n) is 17.3. The van der Waals surface area contributed by atoms with Gasteiger partial charge < -0.3 is 5.32 Å². The first-order valence-electron chi connectivity index (χ1n) is 9.62. The van der Waals surface area contributed by atoms with E-state index in [0.717, 1.165) is 17.8 Å². The maximum Gasteiger partial charge on any atom is 0.284 e. The molecule has 1 aliphatic rings. The Morgan fingerprint density at radius 1 is 0.943 bits per heavy atom. The topological polar surface area (TPSA) is 117 Å². The van der Waals surface area contributed by atoms with Crippen molar-refractivity contribution in [2.24, 2.45) is 4.40 Å². The molecule has 12 heteroatoms. The maximum absolute atomic E-state index is 13.0. The molecule has 0 radical (unpaired) electrons. The summed E-state index contributed by atoms with van der Waals surface area (Å²) < 4.78 is 29.6. The molecule has 0 saturated carbocycles. The highest BCUT2D eigenvalue weighted by Gasteiger charge is 2.32. The van der Waals surface area contributed by atoms with E-state index in [0.29, 0.717) is 15.7 Å². The first-order valence-corrected chi connectivity index (χ1v) is 13.0. The van der Waals surface area contributed by atoms with Crippen molar-refractivity contribution in [1.29, 1.82) is 5.41 Å². The summed E-state index contributed by atoms with van der Waals surface area (Å²) in [4.78, 5) is 25.5. The number of rotatable bonds is 5. The van der Waals surface area contributed by atoms with Gasteiger partial charge >= 0.3 is 0 Å². The van der Waals surface area contributed by atoms with Gasteiger partial charge in [-0.25, -0.2) is 0 Å². The molecule has 0 saturated heterocycles. The quantitative estimate of drug-likeness (QED) is 0.219. The molecule has 0 atom stereocenters. The number of nitrogens with zero attached hydrogens (tertiary/aromatic N) is 1. The summed E-state index contributed by atoms with van der Waals surface area (Å²) in [5.41, 5.74) is 0.200. The van der Waals surface area contributed by atoms with Crippen LogP contribution in [-0.4, -0.2) is 31.0 Å². The number of amides is 1. The zero-order valence-corrected chi connectivity index (χ0v) is 21.2. The van der Waals surface area contributed by atoms with Crippen molar-refractivity contribution in [1.82, 2.24) is 0 Å². The van der Waals surface area contributed by atoms with Crippen LogP contribution in [0.5, 0.6) is 0 Å². The van der Waals surface area contributed by atoms with E-state index in [1.807, 2.05) is 5.87 Å². The van der Waals surface area contributed by atoms with E-state index >= 15 is 0 Å². The number of hydrogen-bond donors (Lipinski definition) is 2. The van der Waals surface area contributed by atoms with Crippen LogP contribution in [0.15, 0.2) is 80.4 Å². The first-order chi connectivity index (χ1) is 16.6. The number of carbonyl (C=O) groups is 2. The highest BCUT2D eigenvalue weighted by molar-refractivity contribution is 8.16. The highest BCUT2D eigenvalue weighted by Crippen LogP contribution is 2.39. The molecule has 7 nitrogen and oxygen atoms in total. The Labute approximate surface area is 219 Å². The molecule has 35 heavy (non-hydrogen) atoms. The third kappa shape index (κ3) is 5.36. The number of benzene rings is 3. The van der Waals surface area contributed by atoms with E-state index in [9.17, 15) is 18.0 Å². The van der Waals surface area contributed by atoms with Crippen LogP contribution in [0.4, 0.5) is 5.69 Å². The maximum atomic E-state index is 13.0. The number of anilines is 1. The third-order valence-electron chi connectivity index (χ3n) is 4.74. The molecule has 3 aromatic carbocycles. The van der Waals surface area contributed by atoms with Crippen LogP contribution in [0.25, 0.3) is 0 Å².